The topological polar surface area (TPSA) is 15.3 Å². The Morgan fingerprint density at radius 3 is 2.76 bits per heavy atom. The molecule has 1 fully saturated rings. The molecule has 0 bridgehead atoms. The van der Waals surface area contributed by atoms with Gasteiger partial charge in [0.2, 0.25) is 0 Å². The van der Waals surface area contributed by atoms with Gasteiger partial charge in [0, 0.05) is 31.0 Å². The van der Waals surface area contributed by atoms with Crippen molar-refractivity contribution >= 4 is 11.4 Å². The van der Waals surface area contributed by atoms with Gasteiger partial charge in [0.15, 0.2) is 0 Å². The fraction of sp³-hybridized carbons (Fsp3) is 0.684. The van der Waals surface area contributed by atoms with E-state index in [1.54, 1.807) is 5.56 Å². The van der Waals surface area contributed by atoms with Gasteiger partial charge in [-0.2, -0.15) is 0 Å². The molecule has 0 saturated carbocycles. The molecule has 1 aromatic rings. The fourth-order valence-electron chi connectivity index (χ4n) is 3.99. The van der Waals surface area contributed by atoms with Crippen molar-refractivity contribution in [1.82, 2.24) is 0 Å². The molecule has 0 aliphatic carbocycles. The van der Waals surface area contributed by atoms with Gasteiger partial charge in [-0.3, -0.25) is 0 Å². The standard InChI is InChI=1S/C19H30N2/c1-19(2,3)15-7-6-13-21(14-11-15)18-10-4-9-17-16(18)8-5-12-20-17/h4,9-10,15,20H,5-8,11-14H2,1-3H3. The maximum atomic E-state index is 3.56. The number of anilines is 2. The van der Waals surface area contributed by atoms with E-state index in [1.807, 2.05) is 0 Å². The minimum atomic E-state index is 0.452. The van der Waals surface area contributed by atoms with E-state index in [-0.39, 0.29) is 0 Å². The van der Waals surface area contributed by atoms with Crippen molar-refractivity contribution in [3.05, 3.63) is 23.8 Å². The highest BCUT2D eigenvalue weighted by molar-refractivity contribution is 5.68. The van der Waals surface area contributed by atoms with Crippen molar-refractivity contribution in [3.63, 3.8) is 0 Å². The number of fused-ring (bicyclic) bond motifs is 1. The molecule has 0 amide bonds. The smallest absolute Gasteiger partial charge is 0.0419 e. The molecular weight excluding hydrogens is 256 g/mol. The van der Waals surface area contributed by atoms with E-state index in [9.17, 15) is 0 Å². The lowest BCUT2D eigenvalue weighted by molar-refractivity contribution is 0.220. The highest BCUT2D eigenvalue weighted by atomic mass is 15.1. The van der Waals surface area contributed by atoms with Gasteiger partial charge in [-0.1, -0.05) is 26.8 Å². The van der Waals surface area contributed by atoms with Crippen LogP contribution in [0.5, 0.6) is 0 Å². The zero-order chi connectivity index (χ0) is 14.9. The molecule has 0 aromatic heterocycles. The number of rotatable bonds is 1. The molecule has 2 nitrogen and oxygen atoms in total. The molecule has 1 saturated heterocycles. The maximum absolute atomic E-state index is 3.56. The molecule has 2 heteroatoms. The Labute approximate surface area is 129 Å². The van der Waals surface area contributed by atoms with Crippen LogP contribution in [0.1, 0.15) is 52.0 Å². The lowest BCUT2D eigenvalue weighted by atomic mass is 9.77. The second kappa shape index (κ2) is 5.90. The number of nitrogens with one attached hydrogen (secondary N) is 1. The summed E-state index contributed by atoms with van der Waals surface area (Å²) in [6, 6.07) is 6.80. The van der Waals surface area contributed by atoms with E-state index in [0.29, 0.717) is 5.41 Å². The summed E-state index contributed by atoms with van der Waals surface area (Å²) in [6.45, 7) is 10.8. The van der Waals surface area contributed by atoms with Gasteiger partial charge in [0.05, 0.1) is 0 Å². The van der Waals surface area contributed by atoms with Crippen molar-refractivity contribution in [1.29, 1.82) is 0 Å². The lowest BCUT2D eigenvalue weighted by Gasteiger charge is -2.31. The molecule has 2 aliphatic rings. The molecule has 116 valence electrons. The normalized spacial score (nSPS) is 23.2. The minimum Gasteiger partial charge on any atom is -0.385 e. The summed E-state index contributed by atoms with van der Waals surface area (Å²) < 4.78 is 0. The van der Waals surface area contributed by atoms with Crippen LogP contribution < -0.4 is 10.2 Å². The lowest BCUT2D eigenvalue weighted by Crippen LogP contribution is -2.28. The van der Waals surface area contributed by atoms with Gasteiger partial charge < -0.3 is 10.2 Å². The third-order valence-corrected chi connectivity index (χ3v) is 5.36. The van der Waals surface area contributed by atoms with Gasteiger partial charge in [0.25, 0.3) is 0 Å². The van der Waals surface area contributed by atoms with E-state index in [0.717, 1.165) is 12.5 Å². The quantitative estimate of drug-likeness (QED) is 0.805. The van der Waals surface area contributed by atoms with Crippen molar-refractivity contribution in [3.8, 4) is 0 Å². The number of benzene rings is 1. The summed E-state index contributed by atoms with van der Waals surface area (Å²) in [5.41, 5.74) is 4.87. The van der Waals surface area contributed by atoms with Crippen LogP contribution >= 0.6 is 0 Å². The zero-order valence-corrected chi connectivity index (χ0v) is 13.9. The summed E-state index contributed by atoms with van der Waals surface area (Å²) in [6.07, 6.45) is 6.55. The second-order valence-corrected chi connectivity index (χ2v) is 7.81. The number of nitrogens with zero attached hydrogens (tertiary/aromatic N) is 1. The molecular formula is C19H30N2. The van der Waals surface area contributed by atoms with E-state index in [1.165, 1.54) is 56.6 Å². The number of hydrogen-bond acceptors (Lipinski definition) is 2. The van der Waals surface area contributed by atoms with Crippen LogP contribution in [0.2, 0.25) is 0 Å². The van der Waals surface area contributed by atoms with Crippen molar-refractivity contribution in [2.45, 2.75) is 52.9 Å². The van der Waals surface area contributed by atoms with Crippen LogP contribution in [0.4, 0.5) is 11.4 Å². The molecule has 1 aromatic carbocycles. The Balaban J connectivity index is 1.79. The van der Waals surface area contributed by atoms with Gasteiger partial charge >= 0.3 is 0 Å². The summed E-state index contributed by atoms with van der Waals surface area (Å²) >= 11 is 0. The Morgan fingerprint density at radius 1 is 1.10 bits per heavy atom. The first-order chi connectivity index (χ1) is 10.1. The molecule has 1 atom stereocenters. The Bertz CT molecular complexity index is 487. The second-order valence-electron chi connectivity index (χ2n) is 7.81. The molecule has 0 radical (unpaired) electrons. The maximum Gasteiger partial charge on any atom is 0.0419 e. The molecule has 1 N–H and O–H groups in total. The predicted molar refractivity (Wildman–Crippen MR) is 92.3 cm³/mol. The minimum absolute atomic E-state index is 0.452. The van der Waals surface area contributed by atoms with Crippen LogP contribution in [-0.4, -0.2) is 19.6 Å². The molecule has 2 heterocycles. The molecule has 21 heavy (non-hydrogen) atoms. The molecule has 3 rings (SSSR count). The summed E-state index contributed by atoms with van der Waals surface area (Å²) in [7, 11) is 0. The Morgan fingerprint density at radius 2 is 1.95 bits per heavy atom. The summed E-state index contributed by atoms with van der Waals surface area (Å²) in [5.74, 6) is 0.861. The van der Waals surface area contributed by atoms with Crippen LogP contribution in [0, 0.1) is 11.3 Å². The first-order valence-corrected chi connectivity index (χ1v) is 8.66. The average molecular weight is 286 g/mol. The molecule has 1 unspecified atom stereocenters. The van der Waals surface area contributed by atoms with Gasteiger partial charge in [-0.25, -0.2) is 0 Å². The average Bonchev–Trinajstić information content (AvgIpc) is 2.72. The van der Waals surface area contributed by atoms with E-state index in [4.69, 9.17) is 0 Å². The van der Waals surface area contributed by atoms with E-state index >= 15 is 0 Å². The SMILES string of the molecule is CC(C)(C)C1CCCN(c2cccc3c2CCCN3)CC1. The van der Waals surface area contributed by atoms with E-state index in [2.05, 4.69) is 49.2 Å². The van der Waals surface area contributed by atoms with Crippen molar-refractivity contribution in [2.24, 2.45) is 11.3 Å². The highest BCUT2D eigenvalue weighted by Crippen LogP contribution is 2.37. The summed E-state index contributed by atoms with van der Waals surface area (Å²) in [4.78, 5) is 2.65. The van der Waals surface area contributed by atoms with Crippen molar-refractivity contribution < 1.29 is 0 Å². The van der Waals surface area contributed by atoms with Gasteiger partial charge in [-0.05, 0) is 61.1 Å². The Kier molecular flexibility index (Phi) is 4.14. The predicted octanol–water partition coefficient (Wildman–Crippen LogP) is 4.70. The van der Waals surface area contributed by atoms with Gasteiger partial charge in [0.1, 0.15) is 0 Å². The zero-order valence-electron chi connectivity index (χ0n) is 13.9. The molecule has 2 aliphatic heterocycles. The first-order valence-electron chi connectivity index (χ1n) is 8.66. The van der Waals surface area contributed by atoms with Crippen LogP contribution in [0.3, 0.4) is 0 Å². The largest absolute Gasteiger partial charge is 0.385 e. The monoisotopic (exact) mass is 286 g/mol. The first kappa shape index (κ1) is 14.7. The third kappa shape index (κ3) is 3.20. The third-order valence-electron chi connectivity index (χ3n) is 5.36. The van der Waals surface area contributed by atoms with Crippen molar-refractivity contribution in [2.75, 3.05) is 29.9 Å². The summed E-state index contributed by atoms with van der Waals surface area (Å²) in [5, 5.41) is 3.56. The van der Waals surface area contributed by atoms with Gasteiger partial charge in [-0.15, -0.1) is 0 Å². The van der Waals surface area contributed by atoms with E-state index < -0.39 is 0 Å². The Hall–Kier alpha value is -1.18. The van der Waals surface area contributed by atoms with Crippen LogP contribution in [0.25, 0.3) is 0 Å². The highest BCUT2D eigenvalue weighted by Gasteiger charge is 2.28. The molecule has 0 spiro atoms. The van der Waals surface area contributed by atoms with Crippen LogP contribution in [0.15, 0.2) is 18.2 Å². The fourth-order valence-corrected chi connectivity index (χ4v) is 3.99. The number of hydrogen-bond donors (Lipinski definition) is 1. The van der Waals surface area contributed by atoms with Crippen LogP contribution in [-0.2, 0) is 6.42 Å².